The van der Waals surface area contributed by atoms with Crippen molar-refractivity contribution in [2.45, 2.75) is 76.9 Å². The molecule has 4 aliphatic carbocycles. The normalized spacial score (nSPS) is 48.4. The number of hydrogen-bond acceptors (Lipinski definition) is 5. The Hall–Kier alpha value is -1.60. The average Bonchev–Trinajstić information content (AvgIpc) is 2.98. The van der Waals surface area contributed by atoms with Gasteiger partial charge < -0.3 is 9.84 Å². The minimum atomic E-state index is -2.25. The SMILES string of the molecule is CCC(=O)O[C@]1(C(=O)CCl)C(C)CC2C3C[C@H](F)C4=CC(=O)C=CC4(C)[C@@]3(F)C(O)CC21C. The van der Waals surface area contributed by atoms with Crippen LogP contribution in [0, 0.1) is 28.6 Å². The number of ketones is 2. The minimum absolute atomic E-state index is 0.0431. The molecule has 0 spiro atoms. The lowest BCUT2D eigenvalue weighted by atomic mass is 9.44. The van der Waals surface area contributed by atoms with E-state index in [1.165, 1.54) is 19.1 Å². The first-order valence-corrected chi connectivity index (χ1v) is 12.1. The van der Waals surface area contributed by atoms with Crippen LogP contribution in [0.15, 0.2) is 23.8 Å². The van der Waals surface area contributed by atoms with E-state index >= 15 is 8.78 Å². The standard InChI is InChI=1S/C25H31ClF2O5/c1-5-21(32)33-25(20(31)12-26)13(2)8-15-16-10-18(27)17-9-14(29)6-7-22(17,3)24(16,28)19(30)11-23(15,25)4/h6-7,9,13,15-16,18-19,30H,5,8,10-12H2,1-4H3/t13?,15?,16?,18-,19?,22?,23?,24-,25-/m0/s1. The Kier molecular flexibility index (Phi) is 5.73. The monoisotopic (exact) mass is 484 g/mol. The lowest BCUT2D eigenvalue weighted by molar-refractivity contribution is -0.230. The Balaban J connectivity index is 1.88. The summed E-state index contributed by atoms with van der Waals surface area (Å²) >= 11 is 5.97. The van der Waals surface area contributed by atoms with Gasteiger partial charge in [0, 0.05) is 29.1 Å². The van der Waals surface area contributed by atoms with Crippen LogP contribution in [0.4, 0.5) is 8.78 Å². The van der Waals surface area contributed by atoms with E-state index in [0.29, 0.717) is 6.42 Å². The molecule has 182 valence electrons. The van der Waals surface area contributed by atoms with Crippen molar-refractivity contribution in [3.8, 4) is 0 Å². The van der Waals surface area contributed by atoms with Crippen molar-refractivity contribution in [1.82, 2.24) is 0 Å². The van der Waals surface area contributed by atoms with Gasteiger partial charge >= 0.3 is 5.97 Å². The lowest BCUT2D eigenvalue weighted by Crippen LogP contribution is -2.71. The van der Waals surface area contributed by atoms with E-state index in [1.807, 2.05) is 0 Å². The van der Waals surface area contributed by atoms with Crippen LogP contribution in [-0.2, 0) is 19.1 Å². The fraction of sp³-hybridized carbons (Fsp3) is 0.720. The number of aliphatic hydroxyl groups excluding tert-OH is 1. The van der Waals surface area contributed by atoms with E-state index in [9.17, 15) is 19.5 Å². The van der Waals surface area contributed by atoms with Crippen molar-refractivity contribution in [2.24, 2.45) is 28.6 Å². The molecule has 0 radical (unpaired) electrons. The van der Waals surface area contributed by atoms with Crippen LogP contribution >= 0.6 is 11.6 Å². The molecule has 5 nitrogen and oxygen atoms in total. The first-order valence-electron chi connectivity index (χ1n) is 11.6. The van der Waals surface area contributed by atoms with Gasteiger partial charge in [0.05, 0.1) is 12.0 Å². The fourth-order valence-electron chi connectivity index (χ4n) is 7.74. The Labute approximate surface area is 197 Å². The van der Waals surface area contributed by atoms with Gasteiger partial charge in [0.15, 0.2) is 22.8 Å². The second kappa shape index (κ2) is 7.70. The third kappa shape index (κ3) is 2.87. The maximum absolute atomic E-state index is 17.2. The Morgan fingerprint density at radius 3 is 2.55 bits per heavy atom. The molecule has 4 rings (SSSR count). The zero-order valence-electron chi connectivity index (χ0n) is 19.4. The van der Waals surface area contributed by atoms with Gasteiger partial charge in [0.1, 0.15) is 6.17 Å². The molecule has 0 aromatic carbocycles. The van der Waals surface area contributed by atoms with Crippen LogP contribution in [0.3, 0.4) is 0 Å². The van der Waals surface area contributed by atoms with Crippen molar-refractivity contribution >= 4 is 29.1 Å². The summed E-state index contributed by atoms with van der Waals surface area (Å²) in [6.07, 6.45) is 0.584. The van der Waals surface area contributed by atoms with E-state index in [0.717, 1.165) is 6.08 Å². The first kappa shape index (κ1) is 24.5. The number of alkyl halides is 3. The van der Waals surface area contributed by atoms with Gasteiger partial charge in [-0.3, -0.25) is 14.4 Å². The molecular formula is C25H31ClF2O5. The third-order valence-corrected chi connectivity index (χ3v) is 9.51. The van der Waals surface area contributed by atoms with E-state index in [4.69, 9.17) is 16.3 Å². The van der Waals surface area contributed by atoms with Crippen LogP contribution < -0.4 is 0 Å². The molecular weight excluding hydrogens is 454 g/mol. The molecule has 0 aliphatic heterocycles. The van der Waals surface area contributed by atoms with Crippen LogP contribution in [-0.4, -0.2) is 52.1 Å². The minimum Gasteiger partial charge on any atom is -0.450 e. The van der Waals surface area contributed by atoms with Gasteiger partial charge in [0.2, 0.25) is 0 Å². The highest BCUT2D eigenvalue weighted by Crippen LogP contribution is 2.71. The highest BCUT2D eigenvalue weighted by atomic mass is 35.5. The van der Waals surface area contributed by atoms with Crippen molar-refractivity contribution in [2.75, 3.05) is 5.88 Å². The van der Waals surface area contributed by atoms with E-state index in [1.54, 1.807) is 20.8 Å². The summed E-state index contributed by atoms with van der Waals surface area (Å²) in [5.74, 6) is -3.84. The lowest BCUT2D eigenvalue weighted by Gasteiger charge is -2.63. The second-order valence-electron chi connectivity index (χ2n) is 10.6. The maximum Gasteiger partial charge on any atom is 0.306 e. The summed E-state index contributed by atoms with van der Waals surface area (Å²) in [4.78, 5) is 37.7. The van der Waals surface area contributed by atoms with Gasteiger partial charge in [0.25, 0.3) is 0 Å². The molecule has 0 saturated heterocycles. The van der Waals surface area contributed by atoms with Crippen molar-refractivity contribution in [3.05, 3.63) is 23.8 Å². The summed E-state index contributed by atoms with van der Waals surface area (Å²) < 4.78 is 38.5. The molecule has 33 heavy (non-hydrogen) atoms. The van der Waals surface area contributed by atoms with Gasteiger partial charge in [-0.1, -0.05) is 26.8 Å². The Morgan fingerprint density at radius 1 is 1.27 bits per heavy atom. The zero-order chi connectivity index (χ0) is 24.6. The highest BCUT2D eigenvalue weighted by molar-refractivity contribution is 6.29. The molecule has 4 aliphatic rings. The van der Waals surface area contributed by atoms with Crippen LogP contribution in [0.5, 0.6) is 0 Å². The number of Topliss-reactive ketones (excluding diaryl/α,β-unsaturated/α-hetero) is 1. The number of aliphatic hydroxyl groups is 1. The number of ether oxygens (including phenoxy) is 1. The molecule has 3 fully saturated rings. The predicted molar refractivity (Wildman–Crippen MR) is 118 cm³/mol. The van der Waals surface area contributed by atoms with Gasteiger partial charge in [-0.25, -0.2) is 8.78 Å². The molecule has 8 heteroatoms. The Morgan fingerprint density at radius 2 is 1.94 bits per heavy atom. The predicted octanol–water partition coefficient (Wildman–Crippen LogP) is 4.05. The second-order valence-corrected chi connectivity index (χ2v) is 10.9. The zero-order valence-corrected chi connectivity index (χ0v) is 20.1. The number of fused-ring (bicyclic) bond motifs is 5. The van der Waals surface area contributed by atoms with E-state index in [2.05, 4.69) is 0 Å². The summed E-state index contributed by atoms with van der Waals surface area (Å²) in [5, 5.41) is 11.4. The number of carbonyl (C=O) groups is 3. The first-order chi connectivity index (χ1) is 15.3. The topological polar surface area (TPSA) is 80.7 Å². The molecule has 0 amide bonds. The summed E-state index contributed by atoms with van der Waals surface area (Å²) in [7, 11) is 0. The smallest absolute Gasteiger partial charge is 0.306 e. The van der Waals surface area contributed by atoms with Crippen LogP contribution in [0.25, 0.3) is 0 Å². The number of halogens is 3. The van der Waals surface area contributed by atoms with Crippen molar-refractivity contribution < 1.29 is 33.0 Å². The van der Waals surface area contributed by atoms with Crippen molar-refractivity contribution in [1.29, 1.82) is 0 Å². The summed E-state index contributed by atoms with van der Waals surface area (Å²) in [6.45, 7) is 6.64. The highest BCUT2D eigenvalue weighted by Gasteiger charge is 2.77. The molecule has 0 aromatic heterocycles. The van der Waals surface area contributed by atoms with Crippen LogP contribution in [0.1, 0.15) is 53.4 Å². The Bertz CT molecular complexity index is 964. The molecule has 0 bridgehead atoms. The quantitative estimate of drug-likeness (QED) is 0.481. The number of allylic oxidation sites excluding steroid dienone is 4. The molecule has 3 saturated carbocycles. The number of hydrogen-bond donors (Lipinski definition) is 1. The van der Waals surface area contributed by atoms with E-state index in [-0.39, 0.29) is 24.8 Å². The maximum atomic E-state index is 17.2. The molecule has 0 aromatic rings. The third-order valence-electron chi connectivity index (χ3n) is 9.27. The summed E-state index contributed by atoms with van der Waals surface area (Å²) in [5.41, 5.74) is -6.47. The number of esters is 1. The summed E-state index contributed by atoms with van der Waals surface area (Å²) in [6, 6.07) is 0. The number of carbonyl (C=O) groups excluding carboxylic acids is 3. The average molecular weight is 485 g/mol. The van der Waals surface area contributed by atoms with Crippen molar-refractivity contribution in [3.63, 3.8) is 0 Å². The van der Waals surface area contributed by atoms with Gasteiger partial charge in [-0.15, -0.1) is 11.6 Å². The molecule has 6 unspecified atom stereocenters. The number of rotatable bonds is 4. The van der Waals surface area contributed by atoms with E-state index < -0.39 is 75.5 Å². The molecule has 0 heterocycles. The largest absolute Gasteiger partial charge is 0.450 e. The van der Waals surface area contributed by atoms with Gasteiger partial charge in [-0.05, 0) is 49.8 Å². The molecule has 9 atom stereocenters. The van der Waals surface area contributed by atoms with Crippen LogP contribution in [0.2, 0.25) is 0 Å². The molecule has 1 N–H and O–H groups in total. The fourth-order valence-corrected chi connectivity index (χ4v) is 7.94. The van der Waals surface area contributed by atoms with Gasteiger partial charge in [-0.2, -0.15) is 0 Å².